The van der Waals surface area contributed by atoms with Crippen molar-refractivity contribution in [3.05, 3.63) is 59.7 Å². The quantitative estimate of drug-likeness (QED) is 0.850. The van der Waals surface area contributed by atoms with E-state index >= 15 is 0 Å². The van der Waals surface area contributed by atoms with E-state index in [9.17, 15) is 8.78 Å². The van der Waals surface area contributed by atoms with Gasteiger partial charge in [0.1, 0.15) is 5.75 Å². The summed E-state index contributed by atoms with van der Waals surface area (Å²) in [6, 6.07) is 14.8. The fraction of sp³-hybridized carbons (Fsp3) is 0.250. The number of para-hydroxylation sites is 2. The molecule has 20 heavy (non-hydrogen) atoms. The van der Waals surface area contributed by atoms with Crippen LogP contribution in [0.3, 0.4) is 0 Å². The zero-order valence-electron chi connectivity index (χ0n) is 11.4. The molecule has 0 saturated heterocycles. The van der Waals surface area contributed by atoms with Crippen LogP contribution in [0, 0.1) is 6.92 Å². The molecule has 0 aliphatic rings. The van der Waals surface area contributed by atoms with E-state index in [0.717, 1.165) is 11.1 Å². The summed E-state index contributed by atoms with van der Waals surface area (Å²) >= 11 is 0. The molecular weight excluding hydrogens is 260 g/mol. The van der Waals surface area contributed by atoms with Gasteiger partial charge in [-0.3, -0.25) is 0 Å². The van der Waals surface area contributed by atoms with Gasteiger partial charge in [-0.25, -0.2) is 0 Å². The summed E-state index contributed by atoms with van der Waals surface area (Å²) in [6.07, 6.45) is 0. The van der Waals surface area contributed by atoms with Gasteiger partial charge in [-0.1, -0.05) is 42.0 Å². The van der Waals surface area contributed by atoms with Gasteiger partial charge in [0.25, 0.3) is 0 Å². The normalized spacial score (nSPS) is 12.2. The van der Waals surface area contributed by atoms with E-state index in [1.807, 2.05) is 32.0 Å². The Bertz CT molecular complexity index is 572. The number of halogens is 2. The number of ether oxygens (including phenoxy) is 1. The zero-order chi connectivity index (χ0) is 14.5. The van der Waals surface area contributed by atoms with E-state index < -0.39 is 6.61 Å². The van der Waals surface area contributed by atoms with E-state index in [1.54, 1.807) is 18.2 Å². The Morgan fingerprint density at radius 3 is 2.50 bits per heavy atom. The van der Waals surface area contributed by atoms with Crippen LogP contribution in [-0.4, -0.2) is 6.61 Å². The third-order valence-corrected chi connectivity index (χ3v) is 3.02. The highest BCUT2D eigenvalue weighted by Gasteiger charge is 2.12. The van der Waals surface area contributed by atoms with Gasteiger partial charge in [0.2, 0.25) is 0 Å². The molecule has 106 valence electrons. The third kappa shape index (κ3) is 3.70. The lowest BCUT2D eigenvalue weighted by Crippen LogP contribution is -2.10. The molecule has 1 unspecified atom stereocenters. The number of benzene rings is 2. The lowest BCUT2D eigenvalue weighted by molar-refractivity contribution is -0.0493. The molecule has 2 rings (SSSR count). The topological polar surface area (TPSA) is 21.3 Å². The average Bonchev–Trinajstić information content (AvgIpc) is 2.40. The van der Waals surface area contributed by atoms with Gasteiger partial charge >= 0.3 is 6.61 Å². The zero-order valence-corrected chi connectivity index (χ0v) is 11.4. The molecule has 0 aliphatic carbocycles. The largest absolute Gasteiger partial charge is 0.433 e. The molecule has 4 heteroatoms. The number of aryl methyl sites for hydroxylation is 1. The molecule has 2 aromatic rings. The Morgan fingerprint density at radius 1 is 1.05 bits per heavy atom. The number of rotatable bonds is 5. The van der Waals surface area contributed by atoms with Gasteiger partial charge in [0.05, 0.1) is 5.69 Å². The van der Waals surface area contributed by atoms with Crippen LogP contribution in [0.15, 0.2) is 48.5 Å². The summed E-state index contributed by atoms with van der Waals surface area (Å²) in [5, 5.41) is 3.20. The first-order chi connectivity index (χ1) is 9.56. The molecule has 1 N–H and O–H groups in total. The first-order valence-electron chi connectivity index (χ1n) is 6.43. The molecule has 0 spiro atoms. The molecule has 0 aliphatic heterocycles. The Balaban J connectivity index is 2.17. The predicted octanol–water partition coefficient (Wildman–Crippen LogP) is 4.77. The molecule has 2 nitrogen and oxygen atoms in total. The Hall–Kier alpha value is -2.10. The molecule has 0 amide bonds. The van der Waals surface area contributed by atoms with E-state index in [0.29, 0.717) is 5.69 Å². The minimum atomic E-state index is -2.83. The molecular formula is C16H17F2NO. The van der Waals surface area contributed by atoms with Crippen LogP contribution in [0.4, 0.5) is 14.5 Å². The summed E-state index contributed by atoms with van der Waals surface area (Å²) in [5.74, 6) is 0.155. The van der Waals surface area contributed by atoms with Crippen molar-refractivity contribution < 1.29 is 13.5 Å². The van der Waals surface area contributed by atoms with Crippen molar-refractivity contribution in [3.8, 4) is 5.75 Å². The fourth-order valence-corrected chi connectivity index (χ4v) is 2.04. The van der Waals surface area contributed by atoms with Gasteiger partial charge < -0.3 is 10.1 Å². The maximum absolute atomic E-state index is 12.4. The summed E-state index contributed by atoms with van der Waals surface area (Å²) in [7, 11) is 0. The standard InChI is InChI=1S/C16H17F2NO/c1-11-6-5-7-13(10-11)12(2)19-14-8-3-4-9-15(14)20-16(17)18/h3-10,12,16,19H,1-2H3. The summed E-state index contributed by atoms with van der Waals surface area (Å²) < 4.78 is 29.2. The van der Waals surface area contributed by atoms with Crippen molar-refractivity contribution in [1.82, 2.24) is 0 Å². The van der Waals surface area contributed by atoms with Gasteiger partial charge in [0.15, 0.2) is 0 Å². The summed E-state index contributed by atoms with van der Waals surface area (Å²) in [5.41, 5.74) is 2.81. The Kier molecular flexibility index (Phi) is 4.56. The van der Waals surface area contributed by atoms with Crippen LogP contribution in [-0.2, 0) is 0 Å². The molecule has 1 atom stereocenters. The SMILES string of the molecule is Cc1cccc(C(C)Nc2ccccc2OC(F)F)c1. The lowest BCUT2D eigenvalue weighted by atomic mass is 10.1. The lowest BCUT2D eigenvalue weighted by Gasteiger charge is -2.18. The Morgan fingerprint density at radius 2 is 1.80 bits per heavy atom. The first kappa shape index (κ1) is 14.3. The van der Waals surface area contributed by atoms with Crippen molar-refractivity contribution >= 4 is 5.69 Å². The highest BCUT2D eigenvalue weighted by atomic mass is 19.3. The van der Waals surface area contributed by atoms with Crippen molar-refractivity contribution in [2.75, 3.05) is 5.32 Å². The van der Waals surface area contributed by atoms with Crippen LogP contribution < -0.4 is 10.1 Å². The predicted molar refractivity (Wildman–Crippen MR) is 76.3 cm³/mol. The van der Waals surface area contributed by atoms with Crippen molar-refractivity contribution in [2.45, 2.75) is 26.5 Å². The third-order valence-electron chi connectivity index (χ3n) is 3.02. The van der Waals surface area contributed by atoms with Crippen LogP contribution in [0.25, 0.3) is 0 Å². The van der Waals surface area contributed by atoms with Gasteiger partial charge in [-0.15, -0.1) is 0 Å². The van der Waals surface area contributed by atoms with Gasteiger partial charge in [-0.2, -0.15) is 8.78 Å². The van der Waals surface area contributed by atoms with Crippen LogP contribution in [0.5, 0.6) is 5.75 Å². The van der Waals surface area contributed by atoms with Crippen molar-refractivity contribution in [2.24, 2.45) is 0 Å². The number of nitrogens with one attached hydrogen (secondary N) is 1. The first-order valence-corrected chi connectivity index (χ1v) is 6.43. The molecule has 0 radical (unpaired) electrons. The van der Waals surface area contributed by atoms with Crippen LogP contribution in [0.1, 0.15) is 24.1 Å². The molecule has 0 saturated carbocycles. The molecule has 0 heterocycles. The minimum absolute atomic E-state index is 0.00248. The second kappa shape index (κ2) is 6.37. The smallest absolute Gasteiger partial charge is 0.387 e. The fourth-order valence-electron chi connectivity index (χ4n) is 2.04. The monoisotopic (exact) mass is 277 g/mol. The molecule has 0 fully saturated rings. The van der Waals surface area contributed by atoms with Crippen LogP contribution >= 0.6 is 0 Å². The number of alkyl halides is 2. The molecule has 0 bridgehead atoms. The van der Waals surface area contributed by atoms with E-state index in [-0.39, 0.29) is 11.8 Å². The highest BCUT2D eigenvalue weighted by molar-refractivity contribution is 5.57. The van der Waals surface area contributed by atoms with Gasteiger partial charge in [0, 0.05) is 6.04 Å². The van der Waals surface area contributed by atoms with Crippen molar-refractivity contribution in [1.29, 1.82) is 0 Å². The van der Waals surface area contributed by atoms with E-state index in [2.05, 4.69) is 16.1 Å². The number of hydrogen-bond acceptors (Lipinski definition) is 2. The minimum Gasteiger partial charge on any atom is -0.433 e. The van der Waals surface area contributed by atoms with Crippen molar-refractivity contribution in [3.63, 3.8) is 0 Å². The molecule has 0 aromatic heterocycles. The van der Waals surface area contributed by atoms with Crippen LogP contribution in [0.2, 0.25) is 0 Å². The number of anilines is 1. The Labute approximate surface area is 117 Å². The van der Waals surface area contributed by atoms with E-state index in [1.165, 1.54) is 6.07 Å². The second-order valence-electron chi connectivity index (χ2n) is 4.65. The second-order valence-corrected chi connectivity index (χ2v) is 4.65. The summed E-state index contributed by atoms with van der Waals surface area (Å²) in [4.78, 5) is 0. The molecule has 2 aromatic carbocycles. The van der Waals surface area contributed by atoms with E-state index in [4.69, 9.17) is 0 Å². The average molecular weight is 277 g/mol. The van der Waals surface area contributed by atoms with Gasteiger partial charge in [-0.05, 0) is 31.5 Å². The maximum Gasteiger partial charge on any atom is 0.387 e. The summed E-state index contributed by atoms with van der Waals surface area (Å²) in [6.45, 7) is 1.17. The maximum atomic E-state index is 12.4. The highest BCUT2D eigenvalue weighted by Crippen LogP contribution is 2.29. The number of hydrogen-bond donors (Lipinski definition) is 1.